The molecule has 0 heterocycles. The van der Waals surface area contributed by atoms with Crippen molar-refractivity contribution in [2.24, 2.45) is 5.92 Å². The van der Waals surface area contributed by atoms with Gasteiger partial charge in [-0.05, 0) is 31.6 Å². The molecule has 0 aromatic carbocycles. The Morgan fingerprint density at radius 3 is 0.723 bits per heavy atom. The average molecular weight is 1380 g/mol. The van der Waals surface area contributed by atoms with Crippen molar-refractivity contribution in [1.29, 1.82) is 0 Å². The van der Waals surface area contributed by atoms with Crippen molar-refractivity contribution in [1.82, 2.24) is 0 Å². The topological polar surface area (TPSA) is 237 Å². The van der Waals surface area contributed by atoms with Gasteiger partial charge in [-0.3, -0.25) is 37.3 Å². The van der Waals surface area contributed by atoms with Crippen molar-refractivity contribution in [2.75, 3.05) is 39.6 Å². The number of carbonyl (C=O) groups excluding carboxylic acids is 4. The Bertz CT molecular complexity index is 1810. The Labute approximate surface area is 575 Å². The molecular formula is C75H146O17P2. The van der Waals surface area contributed by atoms with Gasteiger partial charge in [0.25, 0.3) is 0 Å². The molecule has 17 nitrogen and oxygen atoms in total. The van der Waals surface area contributed by atoms with Gasteiger partial charge in [0.05, 0.1) is 26.4 Å². The van der Waals surface area contributed by atoms with E-state index in [1.165, 1.54) is 205 Å². The molecule has 0 rings (SSSR count). The van der Waals surface area contributed by atoms with E-state index in [1.54, 1.807) is 0 Å². The third-order valence-electron chi connectivity index (χ3n) is 17.5. The first-order chi connectivity index (χ1) is 45.5. The molecule has 0 saturated carbocycles. The molecule has 0 aromatic rings. The van der Waals surface area contributed by atoms with E-state index in [-0.39, 0.29) is 25.7 Å². The summed E-state index contributed by atoms with van der Waals surface area (Å²) in [6.07, 6.45) is 57.1. The fourth-order valence-corrected chi connectivity index (χ4v) is 13.1. The number of rotatable bonds is 75. The van der Waals surface area contributed by atoms with E-state index in [4.69, 9.17) is 37.0 Å². The van der Waals surface area contributed by atoms with Gasteiger partial charge in [-0.2, -0.15) is 0 Å². The van der Waals surface area contributed by atoms with Crippen LogP contribution in [0.1, 0.15) is 394 Å². The maximum Gasteiger partial charge on any atom is 0.472 e. The largest absolute Gasteiger partial charge is 0.472 e. The van der Waals surface area contributed by atoms with Crippen LogP contribution in [0, 0.1) is 5.92 Å². The summed E-state index contributed by atoms with van der Waals surface area (Å²) in [4.78, 5) is 72.5. The van der Waals surface area contributed by atoms with Crippen molar-refractivity contribution < 1.29 is 80.2 Å². The lowest BCUT2D eigenvalue weighted by Gasteiger charge is -2.21. The van der Waals surface area contributed by atoms with Gasteiger partial charge in [0.1, 0.15) is 19.3 Å². The van der Waals surface area contributed by atoms with Crippen LogP contribution in [-0.4, -0.2) is 96.7 Å². The van der Waals surface area contributed by atoms with Crippen molar-refractivity contribution in [3.05, 3.63) is 0 Å². The van der Waals surface area contributed by atoms with E-state index in [1.807, 2.05) is 0 Å². The van der Waals surface area contributed by atoms with Crippen LogP contribution in [0.15, 0.2) is 0 Å². The number of esters is 4. The lowest BCUT2D eigenvalue weighted by atomic mass is 10.0. The molecule has 19 heteroatoms. The predicted molar refractivity (Wildman–Crippen MR) is 382 cm³/mol. The van der Waals surface area contributed by atoms with Gasteiger partial charge < -0.3 is 33.8 Å². The number of ether oxygens (including phenoxy) is 4. The first-order valence-electron chi connectivity index (χ1n) is 39.1. The van der Waals surface area contributed by atoms with Crippen molar-refractivity contribution in [3.8, 4) is 0 Å². The van der Waals surface area contributed by atoms with E-state index < -0.39 is 97.5 Å². The van der Waals surface area contributed by atoms with Crippen LogP contribution in [-0.2, 0) is 65.4 Å². The number of hydrogen-bond acceptors (Lipinski definition) is 15. The first kappa shape index (κ1) is 92.1. The smallest absolute Gasteiger partial charge is 0.462 e. The number of phosphoric ester groups is 2. The monoisotopic (exact) mass is 1380 g/mol. The zero-order chi connectivity index (χ0) is 69.1. The lowest BCUT2D eigenvalue weighted by Crippen LogP contribution is -2.30. The highest BCUT2D eigenvalue weighted by molar-refractivity contribution is 7.47. The second kappa shape index (κ2) is 68.2. The molecule has 0 bridgehead atoms. The highest BCUT2D eigenvalue weighted by atomic mass is 31.2. The molecule has 0 fully saturated rings. The van der Waals surface area contributed by atoms with Gasteiger partial charge in [-0.1, -0.05) is 343 Å². The third-order valence-corrected chi connectivity index (χ3v) is 19.4. The van der Waals surface area contributed by atoms with E-state index in [2.05, 4.69) is 34.6 Å². The highest BCUT2D eigenvalue weighted by Gasteiger charge is 2.30. The summed E-state index contributed by atoms with van der Waals surface area (Å²) in [6.45, 7) is 7.27. The molecule has 0 aliphatic carbocycles. The van der Waals surface area contributed by atoms with Gasteiger partial charge in [0.15, 0.2) is 12.2 Å². The van der Waals surface area contributed by atoms with Crippen molar-refractivity contribution in [3.63, 3.8) is 0 Å². The Balaban J connectivity index is 5.15. The zero-order valence-electron chi connectivity index (χ0n) is 61.1. The molecule has 5 atom stereocenters. The number of hydrogen-bond donors (Lipinski definition) is 3. The maximum absolute atomic E-state index is 13.1. The van der Waals surface area contributed by atoms with Crippen LogP contribution in [0.2, 0.25) is 0 Å². The molecule has 0 spiro atoms. The minimum Gasteiger partial charge on any atom is -0.462 e. The normalized spacial score (nSPS) is 14.0. The van der Waals surface area contributed by atoms with Crippen LogP contribution >= 0.6 is 15.6 Å². The fourth-order valence-electron chi connectivity index (χ4n) is 11.5. The van der Waals surface area contributed by atoms with Crippen molar-refractivity contribution >= 4 is 39.5 Å². The number of aliphatic hydroxyl groups is 1. The highest BCUT2D eigenvalue weighted by Crippen LogP contribution is 2.45. The summed E-state index contributed by atoms with van der Waals surface area (Å²) in [7, 11) is -9.90. The molecule has 558 valence electrons. The summed E-state index contributed by atoms with van der Waals surface area (Å²) in [6, 6.07) is 0. The van der Waals surface area contributed by atoms with Gasteiger partial charge in [-0.15, -0.1) is 0 Å². The quantitative estimate of drug-likeness (QED) is 0.0222. The molecule has 0 aliphatic heterocycles. The van der Waals surface area contributed by atoms with Gasteiger partial charge in [-0.25, -0.2) is 9.13 Å². The standard InChI is InChI=1S/C75H146O17P2/c1-6-9-12-15-18-20-22-23-24-30-33-36-40-44-49-54-59-73(78)86-65-71(92-75(80)61-56-51-46-41-37-34-31-28-26-25-27-29-32-35-38-43-47-52-57-68(4)5)67-90-94(83,84)88-63-69(76)62-87-93(81,82)89-66-70(64-85-72(77)58-53-48-42-17-14-11-8-3)91-74(79)60-55-50-45-39-21-19-16-13-10-7-2/h68-71,76H,6-67H2,1-5H3,(H,81,82)(H,83,84)/t69-,70+,71+/m0/s1. The molecule has 0 radical (unpaired) electrons. The Morgan fingerprint density at radius 1 is 0.287 bits per heavy atom. The minimum absolute atomic E-state index is 0.106. The Morgan fingerprint density at radius 2 is 0.489 bits per heavy atom. The first-order valence-corrected chi connectivity index (χ1v) is 42.1. The number of carbonyl (C=O) groups is 4. The van der Waals surface area contributed by atoms with E-state index in [0.29, 0.717) is 25.7 Å². The Hall–Kier alpha value is -1.94. The molecule has 94 heavy (non-hydrogen) atoms. The third kappa shape index (κ3) is 68.6. The molecular weight excluding hydrogens is 1230 g/mol. The second-order valence-electron chi connectivity index (χ2n) is 27.5. The SMILES string of the molecule is CCCCCCCCCCCCCCCCCCC(=O)OC[C@H](COP(=O)(O)OC[C@@H](O)COP(=O)(O)OC[C@@H](COC(=O)CCCCCCCCC)OC(=O)CCCCCCCCCCCC)OC(=O)CCCCCCCCCCCCCCCCCCCCC(C)C. The zero-order valence-corrected chi connectivity index (χ0v) is 62.9. The van der Waals surface area contributed by atoms with Crippen LogP contribution in [0.25, 0.3) is 0 Å². The predicted octanol–water partition coefficient (Wildman–Crippen LogP) is 22.1. The van der Waals surface area contributed by atoms with Crippen molar-refractivity contribution in [2.45, 2.75) is 412 Å². The maximum atomic E-state index is 13.1. The van der Waals surface area contributed by atoms with Crippen LogP contribution in [0.5, 0.6) is 0 Å². The number of unbranched alkanes of at least 4 members (excludes halogenated alkanes) is 47. The van der Waals surface area contributed by atoms with E-state index in [0.717, 1.165) is 109 Å². The molecule has 0 aromatic heterocycles. The summed E-state index contributed by atoms with van der Waals surface area (Å²) in [5, 5.41) is 10.6. The van der Waals surface area contributed by atoms with Crippen LogP contribution in [0.4, 0.5) is 0 Å². The molecule has 0 saturated heterocycles. The molecule has 3 N–H and O–H groups in total. The lowest BCUT2D eigenvalue weighted by molar-refractivity contribution is -0.161. The minimum atomic E-state index is -4.95. The summed E-state index contributed by atoms with van der Waals surface area (Å²) in [5.74, 6) is -1.30. The fraction of sp³-hybridized carbons (Fsp3) is 0.947. The second-order valence-corrected chi connectivity index (χ2v) is 30.4. The van der Waals surface area contributed by atoms with Crippen LogP contribution < -0.4 is 0 Å². The summed E-state index contributed by atoms with van der Waals surface area (Å²) in [5.41, 5.74) is 0. The van der Waals surface area contributed by atoms with Gasteiger partial charge in [0.2, 0.25) is 0 Å². The van der Waals surface area contributed by atoms with E-state index >= 15 is 0 Å². The van der Waals surface area contributed by atoms with Crippen LogP contribution in [0.3, 0.4) is 0 Å². The summed E-state index contributed by atoms with van der Waals surface area (Å²) >= 11 is 0. The van der Waals surface area contributed by atoms with Gasteiger partial charge in [0, 0.05) is 25.7 Å². The molecule has 0 aliphatic rings. The molecule has 0 amide bonds. The van der Waals surface area contributed by atoms with E-state index in [9.17, 15) is 43.2 Å². The Kier molecular flexibility index (Phi) is 66.8. The number of aliphatic hydroxyl groups excluding tert-OH is 1. The van der Waals surface area contributed by atoms with Gasteiger partial charge >= 0.3 is 39.5 Å². The molecule has 2 unspecified atom stereocenters. The number of phosphoric acid groups is 2. The average Bonchev–Trinajstić information content (AvgIpc) is 3.61. The summed E-state index contributed by atoms with van der Waals surface area (Å²) < 4.78 is 68.3.